The molecule has 1 aliphatic rings. The molecule has 4 nitrogen and oxygen atoms in total. The molecule has 1 aliphatic heterocycles. The van der Waals surface area contributed by atoms with E-state index in [2.05, 4.69) is 31.4 Å². The SMILES string of the molecule is CC(C)(C)[C@@H]1CNC(=O)[C@@H]1C(=O)NC(c1ccccc1)c1ccccc1. The van der Waals surface area contributed by atoms with Gasteiger partial charge in [0, 0.05) is 12.5 Å². The summed E-state index contributed by atoms with van der Waals surface area (Å²) in [4.78, 5) is 25.5. The van der Waals surface area contributed by atoms with Crippen LogP contribution >= 0.6 is 0 Å². The van der Waals surface area contributed by atoms with E-state index in [0.717, 1.165) is 11.1 Å². The van der Waals surface area contributed by atoms with Crippen LogP contribution in [0.5, 0.6) is 0 Å². The topological polar surface area (TPSA) is 58.2 Å². The summed E-state index contributed by atoms with van der Waals surface area (Å²) in [6.45, 7) is 6.76. The van der Waals surface area contributed by atoms with Crippen LogP contribution in [0.1, 0.15) is 37.9 Å². The summed E-state index contributed by atoms with van der Waals surface area (Å²) < 4.78 is 0. The van der Waals surface area contributed by atoms with E-state index in [1.165, 1.54) is 0 Å². The van der Waals surface area contributed by atoms with Gasteiger partial charge in [-0.25, -0.2) is 0 Å². The van der Waals surface area contributed by atoms with Gasteiger partial charge in [0.2, 0.25) is 11.8 Å². The van der Waals surface area contributed by atoms with Gasteiger partial charge in [-0.15, -0.1) is 0 Å². The smallest absolute Gasteiger partial charge is 0.233 e. The van der Waals surface area contributed by atoms with Crippen molar-refractivity contribution in [2.75, 3.05) is 6.54 Å². The molecule has 26 heavy (non-hydrogen) atoms. The molecule has 2 atom stereocenters. The van der Waals surface area contributed by atoms with Crippen LogP contribution < -0.4 is 10.6 Å². The van der Waals surface area contributed by atoms with Gasteiger partial charge in [0.15, 0.2) is 0 Å². The Morgan fingerprint density at radius 3 is 1.96 bits per heavy atom. The predicted molar refractivity (Wildman–Crippen MR) is 102 cm³/mol. The van der Waals surface area contributed by atoms with Crippen molar-refractivity contribution in [3.63, 3.8) is 0 Å². The van der Waals surface area contributed by atoms with Crippen LogP contribution in [0.15, 0.2) is 60.7 Å². The standard InChI is InChI=1S/C22H26N2O2/c1-22(2,3)17-14-23-20(25)18(17)21(26)24-19(15-10-6-4-7-11-15)16-12-8-5-9-13-16/h4-13,17-19H,14H2,1-3H3,(H,23,25)(H,24,26)/t17-,18-/m1/s1. The summed E-state index contributed by atoms with van der Waals surface area (Å²) in [7, 11) is 0. The van der Waals surface area contributed by atoms with Gasteiger partial charge in [0.25, 0.3) is 0 Å². The normalized spacial score (nSPS) is 20.1. The minimum Gasteiger partial charge on any atom is -0.355 e. The third kappa shape index (κ3) is 3.79. The minimum absolute atomic E-state index is 0.0257. The lowest BCUT2D eigenvalue weighted by Crippen LogP contribution is -2.42. The molecule has 0 spiro atoms. The summed E-state index contributed by atoms with van der Waals surface area (Å²) in [5.41, 5.74) is 1.87. The average molecular weight is 350 g/mol. The Morgan fingerprint density at radius 2 is 1.50 bits per heavy atom. The molecule has 2 aromatic rings. The Balaban J connectivity index is 1.89. The Bertz CT molecular complexity index is 726. The van der Waals surface area contributed by atoms with Gasteiger partial charge in [0.1, 0.15) is 5.92 Å². The summed E-state index contributed by atoms with van der Waals surface area (Å²) in [6.07, 6.45) is 0. The van der Waals surface area contributed by atoms with Crippen molar-refractivity contribution in [3.05, 3.63) is 71.8 Å². The fourth-order valence-corrected chi connectivity index (χ4v) is 3.61. The van der Waals surface area contributed by atoms with Gasteiger partial charge in [0.05, 0.1) is 6.04 Å². The molecule has 1 fully saturated rings. The molecule has 1 saturated heterocycles. The molecular weight excluding hydrogens is 324 g/mol. The van der Waals surface area contributed by atoms with Crippen molar-refractivity contribution in [1.29, 1.82) is 0 Å². The molecule has 2 amide bonds. The van der Waals surface area contributed by atoms with Crippen LogP contribution in [0.4, 0.5) is 0 Å². The zero-order chi connectivity index (χ0) is 18.7. The molecule has 136 valence electrons. The molecule has 0 saturated carbocycles. The maximum absolute atomic E-state index is 13.1. The van der Waals surface area contributed by atoms with Crippen molar-refractivity contribution < 1.29 is 9.59 Å². The molecule has 1 heterocycles. The van der Waals surface area contributed by atoms with Gasteiger partial charge in [-0.1, -0.05) is 81.4 Å². The lowest BCUT2D eigenvalue weighted by atomic mass is 9.74. The van der Waals surface area contributed by atoms with Crippen LogP contribution in [-0.2, 0) is 9.59 Å². The van der Waals surface area contributed by atoms with E-state index in [1.54, 1.807) is 0 Å². The first-order valence-electron chi connectivity index (χ1n) is 9.06. The molecule has 3 rings (SSSR count). The molecular formula is C22H26N2O2. The number of hydrogen-bond acceptors (Lipinski definition) is 2. The second-order valence-corrected chi connectivity index (χ2v) is 7.96. The van der Waals surface area contributed by atoms with Gasteiger partial charge < -0.3 is 10.6 Å². The van der Waals surface area contributed by atoms with Gasteiger partial charge in [-0.05, 0) is 16.5 Å². The van der Waals surface area contributed by atoms with Crippen LogP contribution in [0.2, 0.25) is 0 Å². The Morgan fingerprint density at radius 1 is 1.00 bits per heavy atom. The first-order valence-corrected chi connectivity index (χ1v) is 9.06. The molecule has 0 aliphatic carbocycles. The van der Waals surface area contributed by atoms with Crippen LogP contribution in [0.25, 0.3) is 0 Å². The molecule has 0 radical (unpaired) electrons. The molecule has 4 heteroatoms. The Kier molecular flexibility index (Phi) is 5.12. The average Bonchev–Trinajstić information content (AvgIpc) is 3.03. The van der Waals surface area contributed by atoms with E-state index in [0.29, 0.717) is 6.54 Å². The van der Waals surface area contributed by atoms with Crippen molar-refractivity contribution in [3.8, 4) is 0 Å². The first kappa shape index (κ1) is 18.2. The number of hydrogen-bond donors (Lipinski definition) is 2. The van der Waals surface area contributed by atoms with Crippen molar-refractivity contribution >= 4 is 11.8 Å². The van der Waals surface area contributed by atoms with Gasteiger partial charge in [-0.3, -0.25) is 9.59 Å². The fourth-order valence-electron chi connectivity index (χ4n) is 3.61. The number of benzene rings is 2. The lowest BCUT2D eigenvalue weighted by molar-refractivity contribution is -0.135. The van der Waals surface area contributed by atoms with E-state index in [4.69, 9.17) is 0 Å². The van der Waals surface area contributed by atoms with Gasteiger partial charge >= 0.3 is 0 Å². The highest BCUT2D eigenvalue weighted by Crippen LogP contribution is 2.36. The summed E-state index contributed by atoms with van der Waals surface area (Å²) in [5, 5.41) is 5.98. The quantitative estimate of drug-likeness (QED) is 0.831. The number of nitrogens with one attached hydrogen (secondary N) is 2. The maximum Gasteiger partial charge on any atom is 0.233 e. The van der Waals surface area contributed by atoms with Crippen LogP contribution in [-0.4, -0.2) is 18.4 Å². The highest BCUT2D eigenvalue weighted by Gasteiger charge is 2.46. The largest absolute Gasteiger partial charge is 0.355 e. The summed E-state index contributed by atoms with van der Waals surface area (Å²) >= 11 is 0. The van der Waals surface area contributed by atoms with E-state index < -0.39 is 5.92 Å². The number of amides is 2. The lowest BCUT2D eigenvalue weighted by Gasteiger charge is -2.30. The maximum atomic E-state index is 13.1. The van der Waals surface area contributed by atoms with Gasteiger partial charge in [-0.2, -0.15) is 0 Å². The highest BCUT2D eigenvalue weighted by atomic mass is 16.2. The van der Waals surface area contributed by atoms with Crippen molar-refractivity contribution in [2.45, 2.75) is 26.8 Å². The summed E-state index contributed by atoms with van der Waals surface area (Å²) in [6, 6.07) is 19.4. The first-order chi connectivity index (χ1) is 12.4. The molecule has 2 aromatic carbocycles. The van der Waals surface area contributed by atoms with E-state index in [9.17, 15) is 9.59 Å². The second-order valence-electron chi connectivity index (χ2n) is 7.96. The predicted octanol–water partition coefficient (Wildman–Crippen LogP) is 3.30. The zero-order valence-corrected chi connectivity index (χ0v) is 15.5. The third-order valence-corrected chi connectivity index (χ3v) is 5.13. The molecule has 0 bridgehead atoms. The van der Waals surface area contributed by atoms with Crippen LogP contribution in [0.3, 0.4) is 0 Å². The number of carbonyl (C=O) groups is 2. The Labute approximate surface area is 155 Å². The minimum atomic E-state index is -0.662. The van der Waals surface area contributed by atoms with E-state index in [1.807, 2.05) is 60.7 Å². The Hall–Kier alpha value is -2.62. The van der Waals surface area contributed by atoms with Crippen molar-refractivity contribution in [1.82, 2.24) is 10.6 Å². The zero-order valence-electron chi connectivity index (χ0n) is 15.5. The molecule has 0 aromatic heterocycles. The molecule has 0 unspecified atom stereocenters. The third-order valence-electron chi connectivity index (χ3n) is 5.13. The highest BCUT2D eigenvalue weighted by molar-refractivity contribution is 6.02. The fraction of sp³-hybridized carbons (Fsp3) is 0.364. The molecule has 2 N–H and O–H groups in total. The van der Waals surface area contributed by atoms with Crippen LogP contribution in [0, 0.1) is 17.3 Å². The van der Waals surface area contributed by atoms with E-state index in [-0.39, 0.29) is 29.2 Å². The summed E-state index contributed by atoms with van der Waals surface area (Å²) in [5.74, 6) is -1.08. The monoisotopic (exact) mass is 350 g/mol. The van der Waals surface area contributed by atoms with Crippen molar-refractivity contribution in [2.24, 2.45) is 17.3 Å². The number of rotatable bonds is 4. The second kappa shape index (κ2) is 7.32. The number of carbonyl (C=O) groups excluding carboxylic acids is 2. The van der Waals surface area contributed by atoms with E-state index >= 15 is 0 Å².